The van der Waals surface area contributed by atoms with Crippen LogP contribution in [0, 0.1) is 0 Å². The predicted octanol–water partition coefficient (Wildman–Crippen LogP) is 4.17. The average molecular weight is 441 g/mol. The van der Waals surface area contributed by atoms with Gasteiger partial charge in [0, 0.05) is 18.5 Å². The standard InChI is InChI=1S/C19H25BrN2O3S/c1-4-22(5-2)8-9-25-16-7-6-14(10-17(16)24-3)12-21-19(23)15-11-18(20)26-13-15/h6-7,10-11,13H,4-5,8-9,12H2,1-3H3,(H,21,23). The molecular formula is C19H25BrN2O3S. The first-order chi connectivity index (χ1) is 12.6. The van der Waals surface area contributed by atoms with Gasteiger partial charge in [-0.3, -0.25) is 4.79 Å². The number of halogens is 1. The molecule has 0 saturated carbocycles. The van der Waals surface area contributed by atoms with Crippen LogP contribution in [0.2, 0.25) is 0 Å². The van der Waals surface area contributed by atoms with Gasteiger partial charge in [-0.05, 0) is 52.8 Å². The van der Waals surface area contributed by atoms with Crippen LogP contribution in [0.3, 0.4) is 0 Å². The number of nitrogens with zero attached hydrogens (tertiary/aromatic N) is 1. The lowest BCUT2D eigenvalue weighted by Crippen LogP contribution is -2.28. The Balaban J connectivity index is 1.91. The Labute approximate surface area is 167 Å². The number of ether oxygens (including phenoxy) is 2. The van der Waals surface area contributed by atoms with Crippen LogP contribution in [0.25, 0.3) is 0 Å². The van der Waals surface area contributed by atoms with Gasteiger partial charge in [-0.2, -0.15) is 0 Å². The fraction of sp³-hybridized carbons (Fsp3) is 0.421. The molecule has 1 heterocycles. The molecule has 0 spiro atoms. The van der Waals surface area contributed by atoms with Crippen LogP contribution >= 0.6 is 27.3 Å². The average Bonchev–Trinajstić information content (AvgIpc) is 3.10. The van der Waals surface area contributed by atoms with Crippen LogP contribution in [0.5, 0.6) is 11.5 Å². The van der Waals surface area contributed by atoms with Gasteiger partial charge >= 0.3 is 0 Å². The van der Waals surface area contributed by atoms with Crippen molar-refractivity contribution < 1.29 is 14.3 Å². The summed E-state index contributed by atoms with van der Waals surface area (Å²) in [5.74, 6) is 1.30. The number of benzene rings is 1. The number of hydrogen-bond donors (Lipinski definition) is 1. The van der Waals surface area contributed by atoms with Crippen molar-refractivity contribution in [3.05, 3.63) is 44.6 Å². The Morgan fingerprint density at radius 2 is 2.00 bits per heavy atom. The van der Waals surface area contributed by atoms with Crippen molar-refractivity contribution in [2.75, 3.05) is 33.4 Å². The molecule has 2 rings (SSSR count). The van der Waals surface area contributed by atoms with Crippen molar-refractivity contribution in [1.82, 2.24) is 10.2 Å². The van der Waals surface area contributed by atoms with Gasteiger partial charge in [0.05, 0.1) is 16.5 Å². The van der Waals surface area contributed by atoms with E-state index in [-0.39, 0.29) is 5.91 Å². The number of methoxy groups -OCH3 is 1. The lowest BCUT2D eigenvalue weighted by Gasteiger charge is -2.19. The first-order valence-corrected chi connectivity index (χ1v) is 10.3. The molecule has 26 heavy (non-hydrogen) atoms. The Hall–Kier alpha value is -1.57. The minimum atomic E-state index is -0.0922. The summed E-state index contributed by atoms with van der Waals surface area (Å²) in [6.45, 7) is 8.23. The van der Waals surface area contributed by atoms with E-state index in [0.717, 1.165) is 34.7 Å². The molecule has 0 aliphatic rings. The molecule has 0 bridgehead atoms. The highest BCUT2D eigenvalue weighted by Gasteiger charge is 2.10. The van der Waals surface area contributed by atoms with Crippen LogP contribution < -0.4 is 14.8 Å². The first-order valence-electron chi connectivity index (χ1n) is 8.61. The third-order valence-electron chi connectivity index (χ3n) is 4.07. The van der Waals surface area contributed by atoms with E-state index in [1.165, 1.54) is 11.3 Å². The van der Waals surface area contributed by atoms with Crippen LogP contribution in [0.15, 0.2) is 33.4 Å². The molecule has 0 aliphatic heterocycles. The van der Waals surface area contributed by atoms with Crippen molar-refractivity contribution >= 4 is 33.2 Å². The Morgan fingerprint density at radius 1 is 1.23 bits per heavy atom. The van der Waals surface area contributed by atoms with Crippen LogP contribution in [-0.4, -0.2) is 44.2 Å². The maximum Gasteiger partial charge on any atom is 0.252 e. The van der Waals surface area contributed by atoms with Gasteiger partial charge in [-0.1, -0.05) is 19.9 Å². The van der Waals surface area contributed by atoms with E-state index in [2.05, 4.69) is 40.0 Å². The number of thiophene rings is 1. The fourth-order valence-corrected chi connectivity index (χ4v) is 3.62. The molecule has 5 nitrogen and oxygen atoms in total. The summed E-state index contributed by atoms with van der Waals surface area (Å²) in [4.78, 5) is 14.4. The highest BCUT2D eigenvalue weighted by atomic mass is 79.9. The highest BCUT2D eigenvalue weighted by Crippen LogP contribution is 2.28. The van der Waals surface area contributed by atoms with Gasteiger partial charge in [0.25, 0.3) is 5.91 Å². The fourth-order valence-electron chi connectivity index (χ4n) is 2.48. The molecular weight excluding hydrogens is 416 g/mol. The monoisotopic (exact) mass is 440 g/mol. The summed E-state index contributed by atoms with van der Waals surface area (Å²) in [6, 6.07) is 7.55. The second kappa shape index (κ2) is 10.5. The van der Waals surface area contributed by atoms with Crippen molar-refractivity contribution in [2.24, 2.45) is 0 Å². The maximum absolute atomic E-state index is 12.1. The van der Waals surface area contributed by atoms with Crippen molar-refractivity contribution in [1.29, 1.82) is 0 Å². The second-order valence-corrected chi connectivity index (χ2v) is 7.97. The highest BCUT2D eigenvalue weighted by molar-refractivity contribution is 9.11. The Morgan fingerprint density at radius 3 is 2.62 bits per heavy atom. The van der Waals surface area contributed by atoms with E-state index < -0.39 is 0 Å². The normalized spacial score (nSPS) is 10.8. The first kappa shape index (κ1) is 20.7. The third-order valence-corrected chi connectivity index (χ3v) is 5.57. The summed E-state index contributed by atoms with van der Waals surface area (Å²) < 4.78 is 12.2. The second-order valence-electron chi connectivity index (χ2n) is 5.68. The zero-order chi connectivity index (χ0) is 18.9. The number of hydrogen-bond acceptors (Lipinski definition) is 5. The largest absolute Gasteiger partial charge is 0.493 e. The Bertz CT molecular complexity index is 717. The molecule has 7 heteroatoms. The van der Waals surface area contributed by atoms with Gasteiger partial charge in [0.15, 0.2) is 11.5 Å². The van der Waals surface area contributed by atoms with E-state index in [4.69, 9.17) is 9.47 Å². The smallest absolute Gasteiger partial charge is 0.252 e. The van der Waals surface area contributed by atoms with E-state index in [0.29, 0.717) is 24.5 Å². The van der Waals surface area contributed by atoms with Gasteiger partial charge in [-0.25, -0.2) is 0 Å². The van der Waals surface area contributed by atoms with Gasteiger partial charge < -0.3 is 19.7 Å². The number of carbonyl (C=O) groups excluding carboxylic acids is 1. The quantitative estimate of drug-likeness (QED) is 0.602. The minimum Gasteiger partial charge on any atom is -0.493 e. The molecule has 2 aromatic rings. The maximum atomic E-state index is 12.1. The van der Waals surface area contributed by atoms with E-state index >= 15 is 0 Å². The third kappa shape index (κ3) is 6.00. The minimum absolute atomic E-state index is 0.0922. The zero-order valence-corrected chi connectivity index (χ0v) is 17.8. The molecule has 0 saturated heterocycles. The lowest BCUT2D eigenvalue weighted by atomic mass is 10.2. The molecule has 1 amide bonds. The van der Waals surface area contributed by atoms with Crippen LogP contribution in [0.4, 0.5) is 0 Å². The number of nitrogens with one attached hydrogen (secondary N) is 1. The summed E-state index contributed by atoms with van der Waals surface area (Å²) >= 11 is 4.86. The molecule has 1 aromatic heterocycles. The van der Waals surface area contributed by atoms with Crippen LogP contribution in [0.1, 0.15) is 29.8 Å². The number of carbonyl (C=O) groups is 1. The van der Waals surface area contributed by atoms with Crippen LogP contribution in [-0.2, 0) is 6.54 Å². The number of rotatable bonds is 10. The van der Waals surface area contributed by atoms with Crippen molar-refractivity contribution in [3.8, 4) is 11.5 Å². The lowest BCUT2D eigenvalue weighted by molar-refractivity contribution is 0.0951. The van der Waals surface area contributed by atoms with Gasteiger partial charge in [0.2, 0.25) is 0 Å². The molecule has 0 unspecified atom stereocenters. The molecule has 0 atom stereocenters. The topological polar surface area (TPSA) is 50.8 Å². The van der Waals surface area contributed by atoms with E-state index in [1.54, 1.807) is 7.11 Å². The summed E-state index contributed by atoms with van der Waals surface area (Å²) in [7, 11) is 1.62. The molecule has 1 aromatic carbocycles. The molecule has 0 fully saturated rings. The van der Waals surface area contributed by atoms with Crippen molar-refractivity contribution in [2.45, 2.75) is 20.4 Å². The number of likely N-dealkylation sites (N-methyl/N-ethyl adjacent to an activating group) is 1. The number of amides is 1. The SMILES string of the molecule is CCN(CC)CCOc1ccc(CNC(=O)c2csc(Br)c2)cc1OC. The van der Waals surface area contributed by atoms with E-state index in [1.807, 2.05) is 29.6 Å². The predicted molar refractivity (Wildman–Crippen MR) is 109 cm³/mol. The summed E-state index contributed by atoms with van der Waals surface area (Å²) in [6.07, 6.45) is 0. The van der Waals surface area contributed by atoms with E-state index in [9.17, 15) is 4.79 Å². The van der Waals surface area contributed by atoms with Crippen molar-refractivity contribution in [3.63, 3.8) is 0 Å². The van der Waals surface area contributed by atoms with Gasteiger partial charge in [0.1, 0.15) is 6.61 Å². The molecule has 0 radical (unpaired) electrons. The molecule has 142 valence electrons. The molecule has 1 N–H and O–H groups in total. The molecule has 0 aliphatic carbocycles. The summed E-state index contributed by atoms with van der Waals surface area (Å²) in [5, 5.41) is 4.74. The van der Waals surface area contributed by atoms with Gasteiger partial charge in [-0.15, -0.1) is 11.3 Å². The zero-order valence-electron chi connectivity index (χ0n) is 15.4. The summed E-state index contributed by atoms with van der Waals surface area (Å²) in [5.41, 5.74) is 1.62. The Kier molecular flexibility index (Phi) is 8.41.